The van der Waals surface area contributed by atoms with Gasteiger partial charge in [0.05, 0.1) is 11.3 Å². The van der Waals surface area contributed by atoms with E-state index in [1.165, 1.54) is 6.42 Å². The van der Waals surface area contributed by atoms with Crippen molar-refractivity contribution in [2.75, 3.05) is 0 Å². The molecule has 2 fully saturated rings. The lowest BCUT2D eigenvalue weighted by atomic mass is 9.70. The van der Waals surface area contributed by atoms with Crippen molar-refractivity contribution in [1.29, 1.82) is 0 Å². The summed E-state index contributed by atoms with van der Waals surface area (Å²) in [6.45, 7) is 10.8. The molecular weight excluding hydrogens is 262 g/mol. The van der Waals surface area contributed by atoms with Crippen LogP contribution in [0.5, 0.6) is 0 Å². The van der Waals surface area contributed by atoms with Gasteiger partial charge in [0.2, 0.25) is 0 Å². The molecule has 2 saturated carbocycles. The molecule has 0 amide bonds. The molecule has 1 aromatic rings. The first-order chi connectivity index (χ1) is 9.75. The topological polar surface area (TPSA) is 39.2 Å². The Labute approximate surface area is 127 Å². The minimum absolute atomic E-state index is 0.0412. The van der Waals surface area contributed by atoms with Gasteiger partial charge in [-0.3, -0.25) is 4.98 Å². The molecule has 3 unspecified atom stereocenters. The number of hydrogen-bond acceptors (Lipinski definition) is 3. The van der Waals surface area contributed by atoms with Crippen LogP contribution in [0.1, 0.15) is 61.8 Å². The highest BCUT2D eigenvalue weighted by molar-refractivity contribution is 5.90. The van der Waals surface area contributed by atoms with E-state index in [-0.39, 0.29) is 22.9 Å². The van der Waals surface area contributed by atoms with Gasteiger partial charge in [-0.1, -0.05) is 20.8 Å². The van der Waals surface area contributed by atoms with Crippen molar-refractivity contribution in [3.8, 4) is 0 Å². The number of aromatic nitrogens is 1. The van der Waals surface area contributed by atoms with Gasteiger partial charge in [-0.2, -0.15) is 0 Å². The van der Waals surface area contributed by atoms with E-state index in [4.69, 9.17) is 4.74 Å². The van der Waals surface area contributed by atoms with Crippen LogP contribution in [0.4, 0.5) is 0 Å². The minimum atomic E-state index is -0.213. The fraction of sp³-hybridized carbons (Fsp3) is 0.667. The second kappa shape index (κ2) is 4.56. The Kier molecular flexibility index (Phi) is 3.16. The van der Waals surface area contributed by atoms with Crippen molar-refractivity contribution in [2.24, 2.45) is 16.7 Å². The molecule has 2 aliphatic carbocycles. The number of esters is 1. The quantitative estimate of drug-likeness (QED) is 0.770. The molecule has 0 aliphatic heterocycles. The zero-order chi connectivity index (χ0) is 15.4. The smallest absolute Gasteiger partial charge is 0.340 e. The van der Waals surface area contributed by atoms with Gasteiger partial charge in [0.1, 0.15) is 6.10 Å². The predicted molar refractivity (Wildman–Crippen MR) is 82.1 cm³/mol. The molecule has 1 heterocycles. The van der Waals surface area contributed by atoms with E-state index in [1.54, 1.807) is 0 Å². The van der Waals surface area contributed by atoms with Gasteiger partial charge >= 0.3 is 5.97 Å². The van der Waals surface area contributed by atoms with E-state index in [0.717, 1.165) is 24.2 Å². The first-order valence-corrected chi connectivity index (χ1v) is 7.91. The lowest BCUT2D eigenvalue weighted by Crippen LogP contribution is -2.38. The number of nitrogens with zero attached hydrogens (tertiary/aromatic N) is 1. The molecule has 0 radical (unpaired) electrons. The fourth-order valence-corrected chi connectivity index (χ4v) is 4.40. The summed E-state index contributed by atoms with van der Waals surface area (Å²) < 4.78 is 5.91. The minimum Gasteiger partial charge on any atom is -0.458 e. The van der Waals surface area contributed by atoms with Crippen molar-refractivity contribution < 1.29 is 9.53 Å². The largest absolute Gasteiger partial charge is 0.458 e. The Hall–Kier alpha value is -1.38. The summed E-state index contributed by atoms with van der Waals surface area (Å²) in [7, 11) is 0. The number of aryl methyl sites for hydroxylation is 2. The molecule has 0 spiro atoms. The molecule has 3 heteroatoms. The first-order valence-electron chi connectivity index (χ1n) is 7.91. The average Bonchev–Trinajstić information content (AvgIpc) is 2.71. The molecule has 1 aromatic heterocycles. The van der Waals surface area contributed by atoms with Crippen molar-refractivity contribution in [1.82, 2.24) is 4.98 Å². The Bertz CT molecular complexity index is 593. The molecule has 2 bridgehead atoms. The Morgan fingerprint density at radius 1 is 1.29 bits per heavy atom. The van der Waals surface area contributed by atoms with Gasteiger partial charge in [0.15, 0.2) is 0 Å². The predicted octanol–water partition coefficient (Wildman–Crippen LogP) is 4.07. The Morgan fingerprint density at radius 2 is 2.00 bits per heavy atom. The monoisotopic (exact) mass is 287 g/mol. The summed E-state index contributed by atoms with van der Waals surface area (Å²) in [6, 6.07) is 3.71. The fourth-order valence-electron chi connectivity index (χ4n) is 4.40. The summed E-state index contributed by atoms with van der Waals surface area (Å²) in [5.74, 6) is 0.465. The lowest BCUT2D eigenvalue weighted by molar-refractivity contribution is -0.0243. The molecule has 21 heavy (non-hydrogen) atoms. The van der Waals surface area contributed by atoms with Crippen LogP contribution in [0.2, 0.25) is 0 Å². The Morgan fingerprint density at radius 3 is 2.52 bits per heavy atom. The van der Waals surface area contributed by atoms with Crippen molar-refractivity contribution in [3.63, 3.8) is 0 Å². The standard InChI is InChI=1S/C18H25NO2/c1-11-6-7-14(12(2)19-11)16(20)21-15-10-13-8-9-18(15,5)17(13,3)4/h6-7,13,15H,8-10H2,1-5H3. The molecule has 2 aliphatic rings. The second-order valence-electron chi connectivity index (χ2n) is 7.59. The number of fused-ring (bicyclic) bond motifs is 2. The third-order valence-electron chi connectivity index (χ3n) is 6.41. The van der Waals surface area contributed by atoms with Gasteiger partial charge in [-0.25, -0.2) is 4.79 Å². The highest BCUT2D eigenvalue weighted by Crippen LogP contribution is 2.66. The number of rotatable bonds is 2. The molecular formula is C18H25NO2. The third-order valence-corrected chi connectivity index (χ3v) is 6.41. The molecule has 114 valence electrons. The molecule has 3 nitrogen and oxygen atoms in total. The van der Waals surface area contributed by atoms with E-state index < -0.39 is 0 Å². The van der Waals surface area contributed by atoms with Crippen LogP contribution >= 0.6 is 0 Å². The van der Waals surface area contributed by atoms with Crippen molar-refractivity contribution in [2.45, 2.75) is 60.0 Å². The summed E-state index contributed by atoms with van der Waals surface area (Å²) in [5, 5.41) is 0. The van der Waals surface area contributed by atoms with Gasteiger partial charge in [-0.05, 0) is 56.6 Å². The summed E-state index contributed by atoms with van der Waals surface area (Å²) >= 11 is 0. The lowest BCUT2D eigenvalue weighted by Gasteiger charge is -2.38. The molecule has 0 N–H and O–H groups in total. The number of ether oxygens (including phenoxy) is 1. The van der Waals surface area contributed by atoms with E-state index in [0.29, 0.717) is 11.5 Å². The average molecular weight is 287 g/mol. The summed E-state index contributed by atoms with van der Waals surface area (Å²) in [5.41, 5.74) is 2.66. The third kappa shape index (κ3) is 2.01. The van der Waals surface area contributed by atoms with Crippen LogP contribution in [0.25, 0.3) is 0 Å². The SMILES string of the molecule is Cc1ccc(C(=O)OC2CC3CCC2(C)C3(C)C)c(C)n1. The molecule has 0 saturated heterocycles. The van der Waals surface area contributed by atoms with Gasteiger partial charge < -0.3 is 4.74 Å². The van der Waals surface area contributed by atoms with Crippen LogP contribution in [0, 0.1) is 30.6 Å². The van der Waals surface area contributed by atoms with Crippen LogP contribution in [0.15, 0.2) is 12.1 Å². The van der Waals surface area contributed by atoms with Crippen molar-refractivity contribution in [3.05, 3.63) is 29.1 Å². The van der Waals surface area contributed by atoms with E-state index in [9.17, 15) is 4.79 Å². The van der Waals surface area contributed by atoms with Crippen molar-refractivity contribution >= 4 is 5.97 Å². The number of carbonyl (C=O) groups excluding carboxylic acids is 1. The maximum absolute atomic E-state index is 12.5. The van der Waals surface area contributed by atoms with E-state index in [2.05, 4.69) is 25.8 Å². The van der Waals surface area contributed by atoms with Crippen LogP contribution in [-0.4, -0.2) is 17.1 Å². The number of hydrogen-bond donors (Lipinski definition) is 0. The van der Waals surface area contributed by atoms with Gasteiger partial charge in [0.25, 0.3) is 0 Å². The molecule has 0 aromatic carbocycles. The zero-order valence-corrected chi connectivity index (χ0v) is 13.7. The highest BCUT2D eigenvalue weighted by atomic mass is 16.5. The van der Waals surface area contributed by atoms with Gasteiger partial charge in [-0.15, -0.1) is 0 Å². The van der Waals surface area contributed by atoms with Crippen LogP contribution in [0.3, 0.4) is 0 Å². The first kappa shape index (κ1) is 14.6. The number of pyridine rings is 1. The summed E-state index contributed by atoms with van der Waals surface area (Å²) in [4.78, 5) is 16.9. The van der Waals surface area contributed by atoms with E-state index >= 15 is 0 Å². The van der Waals surface area contributed by atoms with Crippen LogP contribution < -0.4 is 0 Å². The van der Waals surface area contributed by atoms with Crippen LogP contribution in [-0.2, 0) is 4.74 Å². The maximum Gasteiger partial charge on any atom is 0.340 e. The molecule has 3 rings (SSSR count). The normalized spacial score (nSPS) is 33.2. The zero-order valence-electron chi connectivity index (χ0n) is 13.7. The second-order valence-corrected chi connectivity index (χ2v) is 7.59. The maximum atomic E-state index is 12.5. The summed E-state index contributed by atoms with van der Waals surface area (Å²) in [6.07, 6.45) is 3.48. The molecule has 3 atom stereocenters. The number of carbonyl (C=O) groups is 1. The van der Waals surface area contributed by atoms with Gasteiger partial charge in [0, 0.05) is 11.1 Å². The van der Waals surface area contributed by atoms with E-state index in [1.807, 2.05) is 26.0 Å². The Balaban J connectivity index is 1.80. The highest BCUT2D eigenvalue weighted by Gasteiger charge is 2.62.